The number of imide groups is 1. The van der Waals surface area contributed by atoms with Crippen LogP contribution in [0.5, 0.6) is 0 Å². The summed E-state index contributed by atoms with van der Waals surface area (Å²) in [4.78, 5) is 38.4. The highest BCUT2D eigenvalue weighted by atomic mass is 16.2. The van der Waals surface area contributed by atoms with Gasteiger partial charge in [-0.05, 0) is 49.9 Å². The third kappa shape index (κ3) is 4.14. The number of hydrogen-bond donors (Lipinski definition) is 2. The van der Waals surface area contributed by atoms with E-state index in [0.717, 1.165) is 57.3 Å². The Balaban J connectivity index is 1.43. The number of urea groups is 1. The Bertz CT molecular complexity index is 587. The highest BCUT2D eigenvalue weighted by Gasteiger charge is 2.52. The Labute approximate surface area is 162 Å². The van der Waals surface area contributed by atoms with Gasteiger partial charge in [0.2, 0.25) is 5.91 Å². The van der Waals surface area contributed by atoms with Crippen molar-refractivity contribution >= 4 is 17.8 Å². The average molecular weight is 378 g/mol. The van der Waals surface area contributed by atoms with Gasteiger partial charge in [-0.15, -0.1) is 0 Å². The first-order valence-corrected chi connectivity index (χ1v) is 10.7. The van der Waals surface area contributed by atoms with Crippen molar-refractivity contribution in [2.75, 3.05) is 6.54 Å². The van der Waals surface area contributed by atoms with Gasteiger partial charge in [-0.3, -0.25) is 14.5 Å². The fraction of sp³-hybridized carbons (Fsp3) is 0.857. The van der Waals surface area contributed by atoms with Gasteiger partial charge >= 0.3 is 6.03 Å². The molecular weight excluding hydrogens is 342 g/mol. The monoisotopic (exact) mass is 377 g/mol. The van der Waals surface area contributed by atoms with Crippen molar-refractivity contribution in [2.24, 2.45) is 11.3 Å². The number of carbonyl (C=O) groups excluding carboxylic acids is 3. The van der Waals surface area contributed by atoms with Gasteiger partial charge in [0.05, 0.1) is 0 Å². The second-order valence-corrected chi connectivity index (χ2v) is 9.38. The molecule has 0 aromatic carbocycles. The van der Waals surface area contributed by atoms with Crippen molar-refractivity contribution in [3.05, 3.63) is 0 Å². The minimum atomic E-state index is -0.683. The van der Waals surface area contributed by atoms with Gasteiger partial charge in [-0.1, -0.05) is 40.0 Å². The molecule has 0 bridgehead atoms. The lowest BCUT2D eigenvalue weighted by Gasteiger charge is -2.39. The molecule has 0 atom stereocenters. The summed E-state index contributed by atoms with van der Waals surface area (Å²) < 4.78 is 0. The minimum absolute atomic E-state index is 0.0545. The van der Waals surface area contributed by atoms with Crippen molar-refractivity contribution < 1.29 is 14.4 Å². The van der Waals surface area contributed by atoms with Crippen LogP contribution in [0.4, 0.5) is 4.79 Å². The first-order valence-electron chi connectivity index (χ1n) is 10.7. The SMILES string of the molecule is CCC(C)(C)C1CCC(NC(=O)CCN2C(=O)NC3(CCCC3)C2=O)CC1. The normalized spacial score (nSPS) is 27.9. The number of rotatable bonds is 6. The first kappa shape index (κ1) is 20.2. The number of nitrogens with zero attached hydrogens (tertiary/aromatic N) is 1. The molecule has 0 aromatic rings. The summed E-state index contributed by atoms with van der Waals surface area (Å²) in [6.45, 7) is 7.10. The van der Waals surface area contributed by atoms with Gasteiger partial charge in [-0.25, -0.2) is 4.79 Å². The van der Waals surface area contributed by atoms with Crippen molar-refractivity contribution in [1.29, 1.82) is 0 Å². The van der Waals surface area contributed by atoms with E-state index in [-0.39, 0.29) is 36.9 Å². The molecule has 6 nitrogen and oxygen atoms in total. The smallest absolute Gasteiger partial charge is 0.325 e. The molecule has 3 aliphatic rings. The molecule has 27 heavy (non-hydrogen) atoms. The van der Waals surface area contributed by atoms with E-state index in [4.69, 9.17) is 0 Å². The summed E-state index contributed by atoms with van der Waals surface area (Å²) in [5.41, 5.74) is -0.313. The fourth-order valence-electron chi connectivity index (χ4n) is 5.02. The van der Waals surface area contributed by atoms with E-state index in [0.29, 0.717) is 5.41 Å². The molecular formula is C21H35N3O3. The van der Waals surface area contributed by atoms with Crippen LogP contribution in [0.1, 0.15) is 85.0 Å². The van der Waals surface area contributed by atoms with E-state index >= 15 is 0 Å². The zero-order valence-corrected chi connectivity index (χ0v) is 17.1. The number of nitrogens with one attached hydrogen (secondary N) is 2. The van der Waals surface area contributed by atoms with E-state index < -0.39 is 5.54 Å². The van der Waals surface area contributed by atoms with Crippen LogP contribution in [-0.2, 0) is 9.59 Å². The van der Waals surface area contributed by atoms with Crippen LogP contribution < -0.4 is 10.6 Å². The van der Waals surface area contributed by atoms with Crippen molar-refractivity contribution in [2.45, 2.75) is 96.6 Å². The predicted octanol–water partition coefficient (Wildman–Crippen LogP) is 3.35. The lowest BCUT2D eigenvalue weighted by molar-refractivity contribution is -0.131. The largest absolute Gasteiger partial charge is 0.353 e. The predicted molar refractivity (Wildman–Crippen MR) is 104 cm³/mol. The second-order valence-electron chi connectivity index (χ2n) is 9.38. The molecule has 0 aromatic heterocycles. The molecule has 3 rings (SSSR count). The van der Waals surface area contributed by atoms with E-state index in [9.17, 15) is 14.4 Å². The van der Waals surface area contributed by atoms with Crippen molar-refractivity contribution in [1.82, 2.24) is 15.5 Å². The Kier molecular flexibility index (Phi) is 5.82. The maximum Gasteiger partial charge on any atom is 0.325 e. The summed E-state index contributed by atoms with van der Waals surface area (Å²) in [5, 5.41) is 5.98. The Morgan fingerprint density at radius 3 is 2.41 bits per heavy atom. The quantitative estimate of drug-likeness (QED) is 0.697. The minimum Gasteiger partial charge on any atom is -0.353 e. The molecule has 1 spiro atoms. The second kappa shape index (κ2) is 7.80. The van der Waals surface area contributed by atoms with Crippen LogP contribution in [0.25, 0.3) is 0 Å². The molecule has 1 heterocycles. The molecule has 0 unspecified atom stereocenters. The molecule has 3 fully saturated rings. The molecule has 2 N–H and O–H groups in total. The van der Waals surface area contributed by atoms with E-state index in [1.54, 1.807) is 0 Å². The summed E-state index contributed by atoms with van der Waals surface area (Å²) in [5.74, 6) is 0.533. The van der Waals surface area contributed by atoms with Gasteiger partial charge in [-0.2, -0.15) is 0 Å². The molecule has 2 aliphatic carbocycles. The van der Waals surface area contributed by atoms with Crippen LogP contribution in [0.2, 0.25) is 0 Å². The van der Waals surface area contributed by atoms with Gasteiger partial charge in [0, 0.05) is 19.0 Å². The van der Waals surface area contributed by atoms with Gasteiger partial charge in [0.15, 0.2) is 0 Å². The summed E-state index contributed by atoms with van der Waals surface area (Å²) in [6, 6.07) is -0.109. The average Bonchev–Trinajstić information content (AvgIpc) is 3.20. The van der Waals surface area contributed by atoms with E-state index in [1.807, 2.05) is 0 Å². The van der Waals surface area contributed by atoms with Crippen LogP contribution in [0.3, 0.4) is 0 Å². The summed E-state index contributed by atoms with van der Waals surface area (Å²) in [7, 11) is 0. The van der Waals surface area contributed by atoms with Crippen LogP contribution in [0.15, 0.2) is 0 Å². The lowest BCUT2D eigenvalue weighted by Crippen LogP contribution is -2.44. The standard InChI is InChI=1S/C21H35N3O3/c1-4-20(2,3)15-7-9-16(10-8-15)22-17(25)11-14-24-18(26)21(23-19(24)27)12-5-6-13-21/h15-16H,4-14H2,1-3H3,(H,22,25)(H,23,27). The fourth-order valence-corrected chi connectivity index (χ4v) is 5.02. The van der Waals surface area contributed by atoms with Gasteiger partial charge in [0.25, 0.3) is 5.91 Å². The molecule has 152 valence electrons. The first-order chi connectivity index (χ1) is 12.8. The van der Waals surface area contributed by atoms with Gasteiger partial charge in [0.1, 0.15) is 5.54 Å². The Hall–Kier alpha value is -1.59. The van der Waals surface area contributed by atoms with Crippen LogP contribution in [0, 0.1) is 11.3 Å². The maximum absolute atomic E-state index is 12.6. The molecule has 6 heteroatoms. The summed E-state index contributed by atoms with van der Waals surface area (Å²) in [6.07, 6.45) is 9.10. The van der Waals surface area contributed by atoms with Crippen molar-refractivity contribution in [3.63, 3.8) is 0 Å². The zero-order valence-electron chi connectivity index (χ0n) is 17.1. The zero-order chi connectivity index (χ0) is 19.7. The number of amides is 4. The number of hydrogen-bond acceptors (Lipinski definition) is 3. The highest BCUT2D eigenvalue weighted by Crippen LogP contribution is 2.40. The number of carbonyl (C=O) groups is 3. The lowest BCUT2D eigenvalue weighted by atomic mass is 9.69. The molecule has 1 saturated heterocycles. The van der Waals surface area contributed by atoms with Crippen LogP contribution >= 0.6 is 0 Å². The highest BCUT2D eigenvalue weighted by molar-refractivity contribution is 6.07. The Morgan fingerprint density at radius 1 is 1.19 bits per heavy atom. The van der Waals surface area contributed by atoms with E-state index in [1.165, 1.54) is 11.3 Å². The molecule has 4 amide bonds. The summed E-state index contributed by atoms with van der Waals surface area (Å²) >= 11 is 0. The third-order valence-electron chi connectivity index (χ3n) is 7.37. The molecule has 2 saturated carbocycles. The molecule has 1 aliphatic heterocycles. The van der Waals surface area contributed by atoms with Crippen LogP contribution in [-0.4, -0.2) is 40.9 Å². The maximum atomic E-state index is 12.6. The topological polar surface area (TPSA) is 78.5 Å². The van der Waals surface area contributed by atoms with Crippen molar-refractivity contribution in [3.8, 4) is 0 Å². The molecule has 0 radical (unpaired) electrons. The Morgan fingerprint density at radius 2 is 1.81 bits per heavy atom. The third-order valence-corrected chi connectivity index (χ3v) is 7.37. The van der Waals surface area contributed by atoms with E-state index in [2.05, 4.69) is 31.4 Å². The van der Waals surface area contributed by atoms with Gasteiger partial charge < -0.3 is 10.6 Å².